The molecule has 5 aromatic rings. The topological polar surface area (TPSA) is 77.1 Å². The Hall–Kier alpha value is -3.58. The lowest BCUT2D eigenvalue weighted by molar-refractivity contribution is 0.579. The number of nitrogens with zero attached hydrogens (tertiary/aromatic N) is 4. The molecule has 0 unspecified atom stereocenters. The summed E-state index contributed by atoms with van der Waals surface area (Å²) in [4.78, 5) is 31.1. The number of benzene rings is 2. The van der Waals surface area contributed by atoms with Gasteiger partial charge in [0, 0.05) is 17.1 Å². The maximum atomic E-state index is 13.3. The Balaban J connectivity index is 1.76. The Morgan fingerprint density at radius 2 is 1.74 bits per heavy atom. The molecule has 8 heteroatoms. The summed E-state index contributed by atoms with van der Waals surface area (Å²) in [5, 5.41) is 4.25. The van der Waals surface area contributed by atoms with Crippen LogP contribution in [0, 0.1) is 0 Å². The molecule has 0 saturated carbocycles. The average Bonchev–Trinajstić information content (AvgIpc) is 3.34. The van der Waals surface area contributed by atoms with Gasteiger partial charge < -0.3 is 0 Å². The molecule has 5 rings (SSSR count). The molecule has 3 aromatic heterocycles. The number of aromatic nitrogens is 5. The highest BCUT2D eigenvalue weighted by molar-refractivity contribution is 6.30. The lowest BCUT2D eigenvalue weighted by Crippen LogP contribution is -2.40. The minimum absolute atomic E-state index is 0.328. The summed E-state index contributed by atoms with van der Waals surface area (Å²) >= 11 is 5.99. The van der Waals surface area contributed by atoms with E-state index in [1.807, 2.05) is 55.6 Å². The van der Waals surface area contributed by atoms with Gasteiger partial charge in [-0.05, 0) is 24.1 Å². The summed E-state index contributed by atoms with van der Waals surface area (Å²) in [5.41, 5.74) is 2.89. The minimum atomic E-state index is -0.328. The molecule has 0 aliphatic carbocycles. The van der Waals surface area contributed by atoms with E-state index >= 15 is 0 Å². The van der Waals surface area contributed by atoms with Crippen molar-refractivity contribution in [2.45, 2.75) is 26.4 Å². The standard InChI is InChI=1S/C23H20ClN5O2/c1-2-12-27-22(30)19-20-25-18(16-8-10-17(24)11-9-16)14-29(20)26-21(19)28(23(27)31)13-15-6-4-3-5-7-15/h3-11,14,26H,2,12-13H2,1H3. The third-order valence-corrected chi connectivity index (χ3v) is 5.61. The van der Waals surface area contributed by atoms with Crippen molar-refractivity contribution in [2.24, 2.45) is 0 Å². The Morgan fingerprint density at radius 1 is 1.00 bits per heavy atom. The third kappa shape index (κ3) is 3.27. The van der Waals surface area contributed by atoms with Crippen molar-refractivity contribution in [2.75, 3.05) is 0 Å². The van der Waals surface area contributed by atoms with Crippen LogP contribution >= 0.6 is 11.6 Å². The number of fused-ring (bicyclic) bond motifs is 3. The Kier molecular flexibility index (Phi) is 4.75. The van der Waals surface area contributed by atoms with E-state index in [9.17, 15) is 9.59 Å². The van der Waals surface area contributed by atoms with Crippen molar-refractivity contribution in [1.82, 2.24) is 23.7 Å². The Bertz CT molecular complexity index is 1510. The first kappa shape index (κ1) is 19.4. The van der Waals surface area contributed by atoms with Gasteiger partial charge in [-0.1, -0.05) is 61.0 Å². The zero-order valence-corrected chi connectivity index (χ0v) is 17.6. The van der Waals surface area contributed by atoms with E-state index in [0.29, 0.717) is 46.9 Å². The van der Waals surface area contributed by atoms with Crippen LogP contribution in [0.3, 0.4) is 0 Å². The fourth-order valence-corrected chi connectivity index (χ4v) is 3.99. The molecule has 0 spiro atoms. The van der Waals surface area contributed by atoms with Gasteiger partial charge in [0.25, 0.3) is 5.56 Å². The van der Waals surface area contributed by atoms with E-state index in [1.165, 1.54) is 4.57 Å². The Labute approximate surface area is 182 Å². The second-order valence-corrected chi connectivity index (χ2v) is 7.91. The monoisotopic (exact) mass is 433 g/mol. The van der Waals surface area contributed by atoms with Gasteiger partial charge in [-0.3, -0.25) is 19.0 Å². The molecule has 0 amide bonds. The first-order valence-corrected chi connectivity index (χ1v) is 10.5. The summed E-state index contributed by atoms with van der Waals surface area (Å²) in [7, 11) is 0. The fourth-order valence-electron chi connectivity index (χ4n) is 3.87. The summed E-state index contributed by atoms with van der Waals surface area (Å²) in [6.07, 6.45) is 2.50. The molecule has 0 aliphatic heterocycles. The van der Waals surface area contributed by atoms with E-state index in [2.05, 4.69) is 5.10 Å². The second-order valence-electron chi connectivity index (χ2n) is 7.47. The lowest BCUT2D eigenvalue weighted by Gasteiger charge is -2.11. The lowest BCUT2D eigenvalue weighted by atomic mass is 10.2. The highest BCUT2D eigenvalue weighted by Crippen LogP contribution is 2.24. The van der Waals surface area contributed by atoms with Crippen LogP contribution in [0.5, 0.6) is 0 Å². The van der Waals surface area contributed by atoms with Gasteiger partial charge in [0.2, 0.25) is 0 Å². The Morgan fingerprint density at radius 3 is 2.45 bits per heavy atom. The van der Waals surface area contributed by atoms with Gasteiger partial charge in [-0.2, -0.15) is 0 Å². The molecule has 1 N–H and O–H groups in total. The first-order chi connectivity index (χ1) is 15.1. The van der Waals surface area contributed by atoms with Gasteiger partial charge in [0.05, 0.1) is 18.4 Å². The van der Waals surface area contributed by atoms with Gasteiger partial charge >= 0.3 is 5.69 Å². The summed E-state index contributed by atoms with van der Waals surface area (Å²) in [5.74, 6) is 0. The fraction of sp³-hybridized carbons (Fsp3) is 0.174. The van der Waals surface area contributed by atoms with Crippen LogP contribution in [0.2, 0.25) is 5.02 Å². The van der Waals surface area contributed by atoms with Crippen molar-refractivity contribution in [3.8, 4) is 11.3 Å². The molecule has 31 heavy (non-hydrogen) atoms. The molecule has 0 aliphatic rings. The van der Waals surface area contributed by atoms with Crippen LogP contribution in [0.25, 0.3) is 27.9 Å². The summed E-state index contributed by atoms with van der Waals surface area (Å²) in [6, 6.07) is 17.1. The predicted molar refractivity (Wildman–Crippen MR) is 122 cm³/mol. The van der Waals surface area contributed by atoms with Crippen LogP contribution < -0.4 is 11.2 Å². The number of halogens is 1. The number of hydrogen-bond acceptors (Lipinski definition) is 3. The SMILES string of the molecule is CCCn1c(=O)c2c([nH]n3cc(-c4ccc(Cl)cc4)nc23)n(Cc2ccccc2)c1=O. The maximum absolute atomic E-state index is 13.3. The van der Waals surface area contributed by atoms with E-state index in [-0.39, 0.29) is 11.2 Å². The van der Waals surface area contributed by atoms with Crippen LogP contribution in [0.15, 0.2) is 70.4 Å². The highest BCUT2D eigenvalue weighted by Gasteiger charge is 2.20. The molecular formula is C23H20ClN5O2. The number of rotatable bonds is 5. The highest BCUT2D eigenvalue weighted by atomic mass is 35.5. The van der Waals surface area contributed by atoms with Gasteiger partial charge in [0.15, 0.2) is 5.65 Å². The molecule has 0 saturated heterocycles. The van der Waals surface area contributed by atoms with Crippen molar-refractivity contribution in [3.05, 3.63) is 92.2 Å². The average molecular weight is 434 g/mol. The summed E-state index contributed by atoms with van der Waals surface area (Å²) in [6.45, 7) is 2.65. The minimum Gasteiger partial charge on any atom is -0.277 e. The molecular weight excluding hydrogens is 414 g/mol. The first-order valence-electron chi connectivity index (χ1n) is 10.1. The smallest absolute Gasteiger partial charge is 0.277 e. The van der Waals surface area contributed by atoms with E-state index in [1.54, 1.807) is 21.2 Å². The largest absolute Gasteiger partial charge is 0.332 e. The van der Waals surface area contributed by atoms with Crippen molar-refractivity contribution >= 4 is 28.3 Å². The molecule has 3 heterocycles. The second kappa shape index (κ2) is 7.59. The van der Waals surface area contributed by atoms with Crippen molar-refractivity contribution in [3.63, 3.8) is 0 Å². The van der Waals surface area contributed by atoms with Crippen LogP contribution in [0.1, 0.15) is 18.9 Å². The zero-order chi connectivity index (χ0) is 21.5. The molecule has 7 nitrogen and oxygen atoms in total. The maximum Gasteiger partial charge on any atom is 0.332 e. The number of H-pyrrole nitrogens is 1. The molecule has 156 valence electrons. The summed E-state index contributed by atoms with van der Waals surface area (Å²) < 4.78 is 4.61. The normalized spacial score (nSPS) is 11.5. The van der Waals surface area contributed by atoms with Crippen LogP contribution in [-0.4, -0.2) is 23.7 Å². The molecule has 2 aromatic carbocycles. The zero-order valence-electron chi connectivity index (χ0n) is 16.9. The van der Waals surface area contributed by atoms with Crippen LogP contribution in [-0.2, 0) is 13.1 Å². The van der Waals surface area contributed by atoms with Gasteiger partial charge in [0.1, 0.15) is 11.0 Å². The molecule has 0 fully saturated rings. The predicted octanol–water partition coefficient (Wildman–Crippen LogP) is 3.92. The number of hydrogen-bond donors (Lipinski definition) is 1. The number of imidazole rings is 1. The third-order valence-electron chi connectivity index (χ3n) is 5.35. The molecule has 0 radical (unpaired) electrons. The quantitative estimate of drug-likeness (QED) is 0.456. The van der Waals surface area contributed by atoms with E-state index in [4.69, 9.17) is 16.6 Å². The van der Waals surface area contributed by atoms with Gasteiger partial charge in [-0.25, -0.2) is 14.3 Å². The van der Waals surface area contributed by atoms with Crippen molar-refractivity contribution < 1.29 is 0 Å². The van der Waals surface area contributed by atoms with E-state index in [0.717, 1.165) is 11.1 Å². The van der Waals surface area contributed by atoms with E-state index < -0.39 is 0 Å². The number of aromatic amines is 1. The molecule has 0 atom stereocenters. The van der Waals surface area contributed by atoms with Crippen LogP contribution in [0.4, 0.5) is 0 Å². The van der Waals surface area contributed by atoms with Crippen molar-refractivity contribution in [1.29, 1.82) is 0 Å². The molecule has 0 bridgehead atoms. The number of nitrogens with one attached hydrogen (secondary N) is 1. The van der Waals surface area contributed by atoms with Gasteiger partial charge in [-0.15, -0.1) is 0 Å².